The Labute approximate surface area is 206 Å². The highest BCUT2D eigenvalue weighted by Crippen LogP contribution is 2.46. The van der Waals surface area contributed by atoms with Crippen LogP contribution in [0.4, 0.5) is 4.79 Å². The lowest BCUT2D eigenvalue weighted by Gasteiger charge is -2.51. The van der Waals surface area contributed by atoms with Crippen LogP contribution >= 0.6 is 11.6 Å². The van der Waals surface area contributed by atoms with Crippen molar-refractivity contribution in [3.05, 3.63) is 34.9 Å². The summed E-state index contributed by atoms with van der Waals surface area (Å²) in [6, 6.07) is 6.43. The van der Waals surface area contributed by atoms with Gasteiger partial charge in [0, 0.05) is 36.0 Å². The van der Waals surface area contributed by atoms with Crippen molar-refractivity contribution in [3.63, 3.8) is 0 Å². The summed E-state index contributed by atoms with van der Waals surface area (Å²) in [5, 5.41) is 26.3. The molecule has 8 nitrogen and oxygen atoms in total. The van der Waals surface area contributed by atoms with Crippen LogP contribution in [0.3, 0.4) is 0 Å². The Morgan fingerprint density at radius 1 is 1.18 bits per heavy atom. The van der Waals surface area contributed by atoms with Crippen LogP contribution in [-0.4, -0.2) is 58.7 Å². The van der Waals surface area contributed by atoms with Crippen molar-refractivity contribution in [1.29, 1.82) is 0 Å². The molecule has 3 amide bonds. The predicted octanol–water partition coefficient (Wildman–Crippen LogP) is 3.51. The highest BCUT2D eigenvalue weighted by molar-refractivity contribution is 6.30. The highest BCUT2D eigenvalue weighted by atomic mass is 35.5. The van der Waals surface area contributed by atoms with Crippen LogP contribution in [0.5, 0.6) is 0 Å². The van der Waals surface area contributed by atoms with Crippen LogP contribution in [0.2, 0.25) is 5.02 Å². The topological polar surface area (TPSA) is 119 Å². The van der Waals surface area contributed by atoms with Gasteiger partial charge in [-0.2, -0.15) is 0 Å². The zero-order valence-corrected chi connectivity index (χ0v) is 20.7. The molecule has 3 rings (SSSR count). The summed E-state index contributed by atoms with van der Waals surface area (Å²) in [5.74, 6) is -0.357. The Morgan fingerprint density at radius 2 is 1.82 bits per heavy atom. The molecular formula is C25H36ClN3O5. The maximum atomic E-state index is 13.5. The normalized spacial score (nSPS) is 23.4. The van der Waals surface area contributed by atoms with Crippen molar-refractivity contribution in [1.82, 2.24) is 15.5 Å². The average molecular weight is 494 g/mol. The maximum Gasteiger partial charge on any atom is 0.404 e. The van der Waals surface area contributed by atoms with E-state index in [0.29, 0.717) is 37.4 Å². The number of halogens is 1. The minimum absolute atomic E-state index is 0.0692. The monoisotopic (exact) mass is 493 g/mol. The third-order valence-corrected chi connectivity index (χ3v) is 7.62. The zero-order chi connectivity index (χ0) is 24.9. The van der Waals surface area contributed by atoms with Crippen molar-refractivity contribution in [2.75, 3.05) is 19.6 Å². The summed E-state index contributed by atoms with van der Waals surface area (Å²) in [5.41, 5.74) is -0.998. The summed E-state index contributed by atoms with van der Waals surface area (Å²) in [6.45, 7) is 4.76. The van der Waals surface area contributed by atoms with Crippen molar-refractivity contribution < 1.29 is 24.6 Å². The zero-order valence-electron chi connectivity index (χ0n) is 20.0. The van der Waals surface area contributed by atoms with Crippen LogP contribution in [0.15, 0.2) is 24.3 Å². The van der Waals surface area contributed by atoms with Crippen molar-refractivity contribution >= 4 is 29.5 Å². The van der Waals surface area contributed by atoms with Gasteiger partial charge in [-0.1, -0.05) is 50.4 Å². The molecule has 1 saturated carbocycles. The number of piperidine rings is 1. The molecule has 1 aromatic rings. The fourth-order valence-electron chi connectivity index (χ4n) is 5.23. The number of hydrogen-bond acceptors (Lipinski definition) is 4. The molecule has 0 unspecified atom stereocenters. The first kappa shape index (κ1) is 26.3. The Morgan fingerprint density at radius 3 is 2.41 bits per heavy atom. The van der Waals surface area contributed by atoms with Crippen LogP contribution in [0.25, 0.3) is 0 Å². The van der Waals surface area contributed by atoms with Crippen molar-refractivity contribution in [2.24, 2.45) is 11.3 Å². The number of benzene rings is 1. The molecule has 0 bridgehead atoms. The minimum atomic E-state index is -1.12. The van der Waals surface area contributed by atoms with Crippen molar-refractivity contribution in [3.8, 4) is 0 Å². The lowest BCUT2D eigenvalue weighted by Crippen LogP contribution is -2.60. The number of nitrogens with one attached hydrogen (secondary N) is 2. The summed E-state index contributed by atoms with van der Waals surface area (Å²) in [6.07, 6.45) is 3.71. The summed E-state index contributed by atoms with van der Waals surface area (Å²) < 4.78 is 0. The largest absolute Gasteiger partial charge is 0.465 e. The van der Waals surface area contributed by atoms with Crippen LogP contribution in [0.1, 0.15) is 64.4 Å². The van der Waals surface area contributed by atoms with Gasteiger partial charge in [-0.3, -0.25) is 9.59 Å². The Kier molecular flexibility index (Phi) is 8.47. The van der Waals surface area contributed by atoms with E-state index in [0.717, 1.165) is 31.2 Å². The summed E-state index contributed by atoms with van der Waals surface area (Å²) in [7, 11) is 0. The molecule has 0 radical (unpaired) electrons. The molecule has 9 heteroatoms. The fraction of sp³-hybridized carbons (Fsp3) is 0.640. The first-order chi connectivity index (χ1) is 16.0. The van der Waals surface area contributed by atoms with E-state index in [9.17, 15) is 19.5 Å². The third kappa shape index (κ3) is 6.02. The quantitative estimate of drug-likeness (QED) is 0.413. The Hall–Kier alpha value is -2.32. The molecule has 2 aliphatic rings. The lowest BCUT2D eigenvalue weighted by atomic mass is 9.66. The average Bonchev–Trinajstić information content (AvgIpc) is 3.32. The molecule has 188 valence electrons. The van der Waals surface area contributed by atoms with Gasteiger partial charge in [-0.25, -0.2) is 4.79 Å². The second kappa shape index (κ2) is 11.0. The molecule has 34 heavy (non-hydrogen) atoms. The van der Waals surface area contributed by atoms with Gasteiger partial charge in [0.15, 0.2) is 0 Å². The van der Waals surface area contributed by atoms with E-state index in [2.05, 4.69) is 10.6 Å². The van der Waals surface area contributed by atoms with Gasteiger partial charge in [0.25, 0.3) is 0 Å². The van der Waals surface area contributed by atoms with Crippen molar-refractivity contribution in [2.45, 2.75) is 70.4 Å². The first-order valence-electron chi connectivity index (χ1n) is 12.1. The summed E-state index contributed by atoms with van der Waals surface area (Å²) >= 11 is 6.02. The van der Waals surface area contributed by atoms with Gasteiger partial charge >= 0.3 is 6.09 Å². The Bertz CT molecular complexity index is 885. The smallest absolute Gasteiger partial charge is 0.404 e. The maximum absolute atomic E-state index is 13.5. The van der Waals surface area contributed by atoms with Gasteiger partial charge in [0.1, 0.15) is 6.04 Å². The molecule has 1 aliphatic heterocycles. The van der Waals surface area contributed by atoms with E-state index < -0.39 is 23.2 Å². The SMILES string of the molecule is CC1(C)CN(C(=O)[C@@H](CCCNC(=O)O)NC(=O)C2CCCC2)CC[C@]1(O)c1ccc(Cl)cc1. The third-order valence-electron chi connectivity index (χ3n) is 7.37. The molecule has 1 saturated heterocycles. The number of aliphatic hydroxyl groups is 1. The van der Waals surface area contributed by atoms with Crippen LogP contribution < -0.4 is 10.6 Å². The minimum Gasteiger partial charge on any atom is -0.465 e. The molecule has 1 heterocycles. The second-order valence-electron chi connectivity index (χ2n) is 10.2. The number of amides is 3. The van der Waals surface area contributed by atoms with Gasteiger partial charge < -0.3 is 25.7 Å². The number of carbonyl (C=O) groups is 3. The number of rotatable bonds is 8. The molecule has 1 aliphatic carbocycles. The van der Waals surface area contributed by atoms with Gasteiger partial charge in [-0.15, -0.1) is 0 Å². The van der Waals surface area contributed by atoms with Gasteiger partial charge in [0.05, 0.1) is 5.60 Å². The first-order valence-corrected chi connectivity index (χ1v) is 12.5. The van der Waals surface area contributed by atoms with E-state index in [1.165, 1.54) is 0 Å². The predicted molar refractivity (Wildman–Crippen MR) is 129 cm³/mol. The second-order valence-corrected chi connectivity index (χ2v) is 10.6. The number of nitrogens with zero attached hydrogens (tertiary/aromatic N) is 1. The fourth-order valence-corrected chi connectivity index (χ4v) is 5.35. The molecule has 4 N–H and O–H groups in total. The number of hydrogen-bond donors (Lipinski definition) is 4. The summed E-state index contributed by atoms with van der Waals surface area (Å²) in [4.78, 5) is 38.8. The highest BCUT2D eigenvalue weighted by Gasteiger charge is 2.50. The molecule has 0 aromatic heterocycles. The van der Waals surface area contributed by atoms with E-state index in [1.807, 2.05) is 26.0 Å². The standard InChI is InChI=1S/C25H36ClN3O5/c1-24(2)16-29(15-13-25(24,34)18-9-11-19(26)12-10-18)22(31)20(8-5-14-27-23(32)33)28-21(30)17-6-3-4-7-17/h9-12,17,20,27,34H,3-8,13-16H2,1-2H3,(H,28,30)(H,32,33)/t20-,25+/m1/s1. The number of carbonyl (C=O) groups excluding carboxylic acids is 2. The molecule has 2 fully saturated rings. The van der Waals surface area contributed by atoms with Crippen LogP contribution in [-0.2, 0) is 15.2 Å². The van der Waals surface area contributed by atoms with E-state index in [4.69, 9.17) is 16.7 Å². The van der Waals surface area contributed by atoms with Gasteiger partial charge in [-0.05, 0) is 49.8 Å². The van der Waals surface area contributed by atoms with Crippen LogP contribution in [0, 0.1) is 11.3 Å². The number of likely N-dealkylation sites (tertiary alicyclic amines) is 1. The van der Waals surface area contributed by atoms with E-state index >= 15 is 0 Å². The molecule has 2 atom stereocenters. The Balaban J connectivity index is 1.71. The molecular weight excluding hydrogens is 458 g/mol. The van der Waals surface area contributed by atoms with E-state index in [1.54, 1.807) is 17.0 Å². The molecule has 1 aromatic carbocycles. The lowest BCUT2D eigenvalue weighted by molar-refractivity contribution is -0.156. The number of carboxylic acid groups (broad SMARTS) is 1. The van der Waals surface area contributed by atoms with Gasteiger partial charge in [0.2, 0.25) is 11.8 Å². The van der Waals surface area contributed by atoms with E-state index in [-0.39, 0.29) is 24.3 Å². The molecule has 0 spiro atoms.